The molecule has 1 aromatic rings. The van der Waals surface area contributed by atoms with E-state index in [-0.39, 0.29) is 24.2 Å². The van der Waals surface area contributed by atoms with Gasteiger partial charge in [0.15, 0.2) is 0 Å². The smallest absolute Gasteiger partial charge is 0.244 e. The van der Waals surface area contributed by atoms with Crippen molar-refractivity contribution >= 4 is 35.6 Å². The van der Waals surface area contributed by atoms with Gasteiger partial charge in [0.2, 0.25) is 11.8 Å². The first-order valence-corrected chi connectivity index (χ1v) is 7.40. The lowest BCUT2D eigenvalue weighted by molar-refractivity contribution is -0.122. The molecule has 0 saturated heterocycles. The molecule has 122 valence electrons. The summed E-state index contributed by atoms with van der Waals surface area (Å²) in [6.45, 7) is 3.33. The average molecular weight is 326 g/mol. The fourth-order valence-electron chi connectivity index (χ4n) is 2.75. The van der Waals surface area contributed by atoms with Crippen LogP contribution in [0.2, 0.25) is 0 Å². The van der Waals surface area contributed by atoms with Gasteiger partial charge in [-0.1, -0.05) is 25.3 Å². The molecule has 1 fully saturated rings. The van der Waals surface area contributed by atoms with Crippen LogP contribution in [0.15, 0.2) is 18.2 Å². The number of rotatable bonds is 3. The third-order valence-electron chi connectivity index (χ3n) is 4.09. The Kier molecular flexibility index (Phi) is 6.38. The summed E-state index contributed by atoms with van der Waals surface area (Å²) in [4.78, 5) is 23.6. The zero-order valence-corrected chi connectivity index (χ0v) is 13.9. The van der Waals surface area contributed by atoms with E-state index < -0.39 is 5.54 Å². The summed E-state index contributed by atoms with van der Waals surface area (Å²) in [5.41, 5.74) is 7.70. The highest BCUT2D eigenvalue weighted by atomic mass is 35.5. The highest BCUT2D eigenvalue weighted by Crippen LogP contribution is 2.29. The Hall–Kier alpha value is -1.59. The molecule has 22 heavy (non-hydrogen) atoms. The Morgan fingerprint density at radius 3 is 2.18 bits per heavy atom. The maximum atomic E-state index is 12.5. The molecule has 0 radical (unpaired) electrons. The molecule has 0 unspecified atom stereocenters. The number of nitrogens with two attached hydrogens (primary N) is 1. The van der Waals surface area contributed by atoms with Crippen LogP contribution in [0.25, 0.3) is 0 Å². The number of carbonyl (C=O) groups is 2. The SMILES string of the molecule is CC(=O)Nc1cccc(NC(=O)C2(N)CCCCC2)c1C.Cl. The molecule has 1 aliphatic rings. The Labute approximate surface area is 137 Å². The molecule has 0 aromatic heterocycles. The summed E-state index contributed by atoms with van der Waals surface area (Å²) in [6.07, 6.45) is 4.58. The van der Waals surface area contributed by atoms with Crippen molar-refractivity contribution < 1.29 is 9.59 Å². The number of amides is 2. The number of hydrogen-bond acceptors (Lipinski definition) is 3. The van der Waals surface area contributed by atoms with E-state index in [9.17, 15) is 9.59 Å². The van der Waals surface area contributed by atoms with Crippen LogP contribution in [0.4, 0.5) is 11.4 Å². The number of nitrogens with one attached hydrogen (secondary N) is 2. The van der Waals surface area contributed by atoms with Crippen LogP contribution in [0, 0.1) is 6.92 Å². The van der Waals surface area contributed by atoms with Crippen molar-refractivity contribution in [2.24, 2.45) is 5.73 Å². The second-order valence-electron chi connectivity index (χ2n) is 5.83. The van der Waals surface area contributed by atoms with E-state index in [1.54, 1.807) is 6.07 Å². The molecule has 1 saturated carbocycles. The summed E-state index contributed by atoms with van der Waals surface area (Å²) < 4.78 is 0. The van der Waals surface area contributed by atoms with Gasteiger partial charge < -0.3 is 16.4 Å². The van der Waals surface area contributed by atoms with Gasteiger partial charge in [-0.05, 0) is 37.5 Å². The lowest BCUT2D eigenvalue weighted by Gasteiger charge is -2.32. The maximum absolute atomic E-state index is 12.5. The van der Waals surface area contributed by atoms with Crippen molar-refractivity contribution in [3.8, 4) is 0 Å². The van der Waals surface area contributed by atoms with Crippen LogP contribution in [-0.2, 0) is 9.59 Å². The number of hydrogen-bond donors (Lipinski definition) is 3. The summed E-state index contributed by atoms with van der Waals surface area (Å²) >= 11 is 0. The topological polar surface area (TPSA) is 84.2 Å². The molecule has 0 spiro atoms. The fourth-order valence-corrected chi connectivity index (χ4v) is 2.75. The second-order valence-corrected chi connectivity index (χ2v) is 5.83. The van der Waals surface area contributed by atoms with Crippen molar-refractivity contribution in [2.45, 2.75) is 51.5 Å². The van der Waals surface area contributed by atoms with E-state index in [2.05, 4.69) is 10.6 Å². The highest BCUT2D eigenvalue weighted by molar-refractivity contribution is 6.00. The summed E-state index contributed by atoms with van der Waals surface area (Å²) in [5.74, 6) is -0.269. The van der Waals surface area contributed by atoms with Gasteiger partial charge in [0, 0.05) is 18.3 Å². The molecule has 0 atom stereocenters. The van der Waals surface area contributed by atoms with E-state index >= 15 is 0 Å². The van der Waals surface area contributed by atoms with Crippen LogP contribution in [-0.4, -0.2) is 17.4 Å². The van der Waals surface area contributed by atoms with E-state index in [0.717, 1.165) is 37.7 Å². The van der Waals surface area contributed by atoms with Crippen molar-refractivity contribution in [3.05, 3.63) is 23.8 Å². The second kappa shape index (κ2) is 7.61. The first-order valence-electron chi connectivity index (χ1n) is 7.40. The molecule has 1 aliphatic carbocycles. The zero-order valence-electron chi connectivity index (χ0n) is 13.1. The normalized spacial score (nSPS) is 16.3. The molecule has 0 aliphatic heterocycles. The zero-order chi connectivity index (χ0) is 15.5. The van der Waals surface area contributed by atoms with Crippen LogP contribution < -0.4 is 16.4 Å². The van der Waals surface area contributed by atoms with Gasteiger partial charge >= 0.3 is 0 Å². The average Bonchev–Trinajstić information content (AvgIpc) is 2.43. The molecular formula is C16H24ClN3O2. The van der Waals surface area contributed by atoms with Crippen LogP contribution >= 0.6 is 12.4 Å². The number of anilines is 2. The lowest BCUT2D eigenvalue weighted by atomic mass is 9.82. The van der Waals surface area contributed by atoms with Crippen molar-refractivity contribution in [1.82, 2.24) is 0 Å². The minimum absolute atomic E-state index is 0. The van der Waals surface area contributed by atoms with Crippen molar-refractivity contribution in [3.63, 3.8) is 0 Å². The highest BCUT2D eigenvalue weighted by Gasteiger charge is 2.35. The van der Waals surface area contributed by atoms with E-state index in [0.29, 0.717) is 11.4 Å². The van der Waals surface area contributed by atoms with Gasteiger partial charge in [0.25, 0.3) is 0 Å². The molecule has 0 bridgehead atoms. The lowest BCUT2D eigenvalue weighted by Crippen LogP contribution is -2.52. The van der Waals surface area contributed by atoms with E-state index in [1.807, 2.05) is 19.1 Å². The Bertz CT molecular complexity index is 554. The van der Waals surface area contributed by atoms with Gasteiger partial charge in [-0.2, -0.15) is 0 Å². The minimum atomic E-state index is -0.769. The van der Waals surface area contributed by atoms with Crippen LogP contribution in [0.5, 0.6) is 0 Å². The standard InChI is InChI=1S/C16H23N3O2.ClH/c1-11-13(18-12(2)20)7-6-8-14(11)19-15(21)16(17)9-4-3-5-10-16;/h6-8H,3-5,9-10,17H2,1-2H3,(H,18,20)(H,19,21);1H. The Morgan fingerprint density at radius 1 is 1.09 bits per heavy atom. The number of benzene rings is 1. The third-order valence-corrected chi connectivity index (χ3v) is 4.09. The third kappa shape index (κ3) is 4.21. The molecule has 5 nitrogen and oxygen atoms in total. The van der Waals surface area contributed by atoms with Crippen LogP contribution in [0.3, 0.4) is 0 Å². The van der Waals surface area contributed by atoms with E-state index in [4.69, 9.17) is 5.73 Å². The minimum Gasteiger partial charge on any atom is -0.326 e. The number of halogens is 1. The summed E-state index contributed by atoms with van der Waals surface area (Å²) in [6, 6.07) is 5.44. The van der Waals surface area contributed by atoms with Gasteiger partial charge in [0.1, 0.15) is 0 Å². The largest absolute Gasteiger partial charge is 0.326 e. The van der Waals surface area contributed by atoms with Gasteiger partial charge in [0.05, 0.1) is 5.54 Å². The Balaban J connectivity index is 0.00000242. The molecular weight excluding hydrogens is 302 g/mol. The molecule has 6 heteroatoms. The van der Waals surface area contributed by atoms with Gasteiger partial charge in [-0.15, -0.1) is 12.4 Å². The molecule has 1 aromatic carbocycles. The summed E-state index contributed by atoms with van der Waals surface area (Å²) in [7, 11) is 0. The van der Waals surface area contributed by atoms with Crippen molar-refractivity contribution in [2.75, 3.05) is 10.6 Å². The maximum Gasteiger partial charge on any atom is 0.244 e. The molecule has 4 N–H and O–H groups in total. The number of carbonyl (C=O) groups excluding carboxylic acids is 2. The predicted octanol–water partition coefficient (Wildman–Crippen LogP) is 2.98. The van der Waals surface area contributed by atoms with E-state index in [1.165, 1.54) is 6.92 Å². The van der Waals surface area contributed by atoms with Crippen LogP contribution in [0.1, 0.15) is 44.6 Å². The van der Waals surface area contributed by atoms with Gasteiger partial charge in [-0.25, -0.2) is 0 Å². The first kappa shape index (κ1) is 18.5. The molecule has 2 rings (SSSR count). The van der Waals surface area contributed by atoms with Gasteiger partial charge in [-0.3, -0.25) is 9.59 Å². The molecule has 2 amide bonds. The predicted molar refractivity (Wildman–Crippen MR) is 91.4 cm³/mol. The first-order chi connectivity index (χ1) is 9.92. The van der Waals surface area contributed by atoms with Crippen molar-refractivity contribution in [1.29, 1.82) is 0 Å². The summed E-state index contributed by atoms with van der Waals surface area (Å²) in [5, 5.41) is 5.67. The fraction of sp³-hybridized carbons (Fsp3) is 0.500. The monoisotopic (exact) mass is 325 g/mol. The molecule has 0 heterocycles. The Morgan fingerprint density at radius 2 is 1.64 bits per heavy atom. The quantitative estimate of drug-likeness (QED) is 0.798.